The molecule has 14 heteroatoms. The molecule has 0 aliphatic carbocycles. The summed E-state index contributed by atoms with van der Waals surface area (Å²) >= 11 is 9.77. The molecule has 4 aromatic carbocycles. The Morgan fingerprint density at radius 2 is 1.91 bits per heavy atom. The molecule has 2 heterocycles. The Hall–Kier alpha value is -5.40. The quantitative estimate of drug-likeness (QED) is 0.101. The number of hydrogen-bond acceptors (Lipinski definition) is 8. The van der Waals surface area contributed by atoms with Gasteiger partial charge in [-0.3, -0.25) is 19.7 Å². The second-order valence-corrected chi connectivity index (χ2v) is 10.9. The number of nitrogens with one attached hydrogen (secondary N) is 1. The summed E-state index contributed by atoms with van der Waals surface area (Å²) in [4.78, 5) is 41.7. The van der Waals surface area contributed by atoms with Gasteiger partial charge in [0.2, 0.25) is 11.6 Å². The number of nitrogens with zero attached hydrogens (tertiary/aromatic N) is 4. The number of furan rings is 1. The lowest BCUT2D eigenvalue weighted by atomic mass is 10.2. The van der Waals surface area contributed by atoms with Crippen LogP contribution in [0.4, 0.5) is 15.8 Å². The van der Waals surface area contributed by atoms with E-state index in [1.807, 2.05) is 12.1 Å². The molecule has 0 fully saturated rings. The number of para-hydroxylation sites is 2. The molecule has 1 N–H and O–H groups in total. The lowest BCUT2D eigenvalue weighted by Crippen LogP contribution is -2.21. The molecular formula is C31H18BrClFN5O6. The molecule has 0 aliphatic rings. The maximum absolute atomic E-state index is 13.9. The number of aromatic nitrogens is 2. The van der Waals surface area contributed by atoms with Gasteiger partial charge in [-0.25, -0.2) is 9.37 Å². The van der Waals surface area contributed by atoms with Gasteiger partial charge in [0.1, 0.15) is 11.4 Å². The first kappa shape index (κ1) is 29.7. The molecule has 0 unspecified atom stereocenters. The maximum atomic E-state index is 13.9. The molecule has 6 aromatic rings. The first-order valence-corrected chi connectivity index (χ1v) is 14.3. The molecule has 0 radical (unpaired) electrons. The van der Waals surface area contributed by atoms with Crippen molar-refractivity contribution in [3.05, 3.63) is 126 Å². The van der Waals surface area contributed by atoms with Crippen molar-refractivity contribution in [2.45, 2.75) is 0 Å². The standard InChI is InChI=1S/C31H18BrClFN5O6/c32-19-9-10-26-18(13-19)14-27(45-26)30-37-23-7-3-1-5-20(23)31(41)38(30)35-15-17-11-21(33)29(25(12-17)39(42)43)44-16-28(40)36-24-8-4-2-6-22(24)34/h1-15H,16H2,(H,36,40). The summed E-state index contributed by atoms with van der Waals surface area (Å²) in [5.74, 6) is -1.42. The highest BCUT2D eigenvalue weighted by Crippen LogP contribution is 2.36. The lowest BCUT2D eigenvalue weighted by Gasteiger charge is -2.10. The van der Waals surface area contributed by atoms with Crippen LogP contribution >= 0.6 is 27.5 Å². The summed E-state index contributed by atoms with van der Waals surface area (Å²) in [6.45, 7) is -0.683. The predicted octanol–water partition coefficient (Wildman–Crippen LogP) is 7.17. The largest absolute Gasteiger partial charge is 0.476 e. The third-order valence-corrected chi connectivity index (χ3v) is 7.29. The number of benzene rings is 4. The summed E-state index contributed by atoms with van der Waals surface area (Å²) < 4.78 is 27.1. The van der Waals surface area contributed by atoms with E-state index in [0.717, 1.165) is 20.6 Å². The molecule has 0 spiro atoms. The fraction of sp³-hybridized carbons (Fsp3) is 0.0323. The first-order valence-electron chi connectivity index (χ1n) is 13.1. The molecular weight excluding hydrogens is 673 g/mol. The summed E-state index contributed by atoms with van der Waals surface area (Å²) in [5.41, 5.74) is -0.0119. The van der Waals surface area contributed by atoms with Gasteiger partial charge >= 0.3 is 5.69 Å². The lowest BCUT2D eigenvalue weighted by molar-refractivity contribution is -0.385. The Kier molecular flexibility index (Phi) is 8.11. The van der Waals surface area contributed by atoms with Crippen LogP contribution in [0.2, 0.25) is 5.02 Å². The summed E-state index contributed by atoms with van der Waals surface area (Å²) in [6, 6.07) is 21.8. The maximum Gasteiger partial charge on any atom is 0.313 e. The summed E-state index contributed by atoms with van der Waals surface area (Å²) in [6.07, 6.45) is 1.20. The van der Waals surface area contributed by atoms with E-state index >= 15 is 0 Å². The van der Waals surface area contributed by atoms with Crippen molar-refractivity contribution in [2.24, 2.45) is 5.10 Å². The van der Waals surface area contributed by atoms with Gasteiger partial charge in [0.05, 0.1) is 32.8 Å². The van der Waals surface area contributed by atoms with Crippen molar-refractivity contribution in [3.63, 3.8) is 0 Å². The van der Waals surface area contributed by atoms with Gasteiger partial charge < -0.3 is 14.5 Å². The van der Waals surface area contributed by atoms with E-state index in [9.17, 15) is 24.1 Å². The van der Waals surface area contributed by atoms with E-state index in [1.165, 1.54) is 36.5 Å². The van der Waals surface area contributed by atoms with E-state index in [2.05, 4.69) is 31.3 Å². The number of nitro groups is 1. The van der Waals surface area contributed by atoms with Crippen LogP contribution in [0.5, 0.6) is 5.75 Å². The van der Waals surface area contributed by atoms with Crippen LogP contribution in [0.3, 0.4) is 0 Å². The summed E-state index contributed by atoms with van der Waals surface area (Å²) in [7, 11) is 0. The molecule has 11 nitrogen and oxygen atoms in total. The monoisotopic (exact) mass is 689 g/mol. The molecule has 6 rings (SSSR count). The number of nitro benzene ring substituents is 1. The van der Waals surface area contributed by atoms with Crippen molar-refractivity contribution in [3.8, 4) is 17.3 Å². The fourth-order valence-corrected chi connectivity index (χ4v) is 5.13. The third-order valence-electron chi connectivity index (χ3n) is 6.51. The van der Waals surface area contributed by atoms with Crippen LogP contribution in [0, 0.1) is 15.9 Å². The Morgan fingerprint density at radius 3 is 2.71 bits per heavy atom. The highest BCUT2D eigenvalue weighted by atomic mass is 79.9. The topological polar surface area (TPSA) is 142 Å². The highest BCUT2D eigenvalue weighted by molar-refractivity contribution is 9.10. The van der Waals surface area contributed by atoms with E-state index in [0.29, 0.717) is 16.5 Å². The zero-order chi connectivity index (χ0) is 31.7. The first-order chi connectivity index (χ1) is 21.7. The van der Waals surface area contributed by atoms with Gasteiger partial charge in [0, 0.05) is 21.5 Å². The molecule has 0 aliphatic heterocycles. The van der Waals surface area contributed by atoms with E-state index in [4.69, 9.17) is 20.8 Å². The SMILES string of the molecule is O=C(COc1c(Cl)cc(C=Nn2c(-c3cc4cc(Br)ccc4o3)nc3ccccc3c2=O)cc1[N+](=O)[O-])Nc1ccccc1F. The smallest absolute Gasteiger partial charge is 0.313 e. The normalized spacial score (nSPS) is 11.4. The number of halogens is 3. The zero-order valence-electron chi connectivity index (χ0n) is 22.7. The van der Waals surface area contributed by atoms with Gasteiger partial charge in [0.15, 0.2) is 12.4 Å². The van der Waals surface area contributed by atoms with Crippen molar-refractivity contribution < 1.29 is 23.3 Å². The van der Waals surface area contributed by atoms with Crippen LogP contribution in [0.1, 0.15) is 5.56 Å². The Balaban J connectivity index is 1.35. The third kappa shape index (κ3) is 6.16. The molecule has 0 bridgehead atoms. The van der Waals surface area contributed by atoms with Gasteiger partial charge in [-0.1, -0.05) is 51.8 Å². The van der Waals surface area contributed by atoms with Crippen molar-refractivity contribution in [2.75, 3.05) is 11.9 Å². The minimum absolute atomic E-state index is 0.0773. The predicted molar refractivity (Wildman–Crippen MR) is 171 cm³/mol. The van der Waals surface area contributed by atoms with E-state index < -0.39 is 34.5 Å². The number of hydrogen-bond donors (Lipinski definition) is 1. The number of amides is 1. The average Bonchev–Trinajstić information content (AvgIpc) is 3.44. The molecule has 2 aromatic heterocycles. The number of carbonyl (C=O) groups excluding carboxylic acids is 1. The minimum atomic E-state index is -0.759. The Labute approximate surface area is 265 Å². The molecule has 1 amide bonds. The van der Waals surface area contributed by atoms with Gasteiger partial charge in [-0.05, 0) is 54.6 Å². The van der Waals surface area contributed by atoms with Gasteiger partial charge in [-0.2, -0.15) is 9.78 Å². The van der Waals surface area contributed by atoms with Gasteiger partial charge in [0.25, 0.3) is 11.5 Å². The molecule has 0 atom stereocenters. The average molecular weight is 691 g/mol. The molecule has 45 heavy (non-hydrogen) atoms. The number of fused-ring (bicyclic) bond motifs is 2. The fourth-order valence-electron chi connectivity index (χ4n) is 4.48. The number of rotatable bonds is 8. The van der Waals surface area contributed by atoms with Crippen molar-refractivity contribution in [1.82, 2.24) is 9.66 Å². The highest BCUT2D eigenvalue weighted by Gasteiger charge is 2.22. The Morgan fingerprint density at radius 1 is 1.13 bits per heavy atom. The second-order valence-electron chi connectivity index (χ2n) is 9.53. The summed E-state index contributed by atoms with van der Waals surface area (Å²) in [5, 5.41) is 19.4. The van der Waals surface area contributed by atoms with Gasteiger partial charge in [-0.15, -0.1) is 0 Å². The molecule has 0 saturated carbocycles. The number of anilines is 1. The van der Waals surface area contributed by atoms with Crippen molar-refractivity contribution in [1.29, 1.82) is 0 Å². The van der Waals surface area contributed by atoms with Crippen LogP contribution in [-0.2, 0) is 4.79 Å². The molecule has 224 valence electrons. The van der Waals surface area contributed by atoms with Crippen LogP contribution in [0.25, 0.3) is 33.5 Å². The second kappa shape index (κ2) is 12.3. The number of carbonyl (C=O) groups is 1. The van der Waals surface area contributed by atoms with Crippen LogP contribution < -0.4 is 15.6 Å². The van der Waals surface area contributed by atoms with Crippen LogP contribution in [0.15, 0.2) is 104 Å². The van der Waals surface area contributed by atoms with E-state index in [1.54, 1.807) is 36.4 Å². The number of ether oxygens (including phenoxy) is 1. The van der Waals surface area contributed by atoms with Crippen molar-refractivity contribution >= 4 is 72.9 Å². The Bertz CT molecular complexity index is 2230. The molecule has 0 saturated heterocycles. The minimum Gasteiger partial charge on any atom is -0.476 e. The van der Waals surface area contributed by atoms with Crippen LogP contribution in [-0.4, -0.2) is 33.3 Å². The zero-order valence-corrected chi connectivity index (χ0v) is 25.1. The van der Waals surface area contributed by atoms with E-state index in [-0.39, 0.29) is 33.6 Å².